The van der Waals surface area contributed by atoms with Crippen LogP contribution in [0, 0.1) is 11.6 Å². The van der Waals surface area contributed by atoms with E-state index in [-0.39, 0.29) is 12.3 Å². The average molecular weight is 202 g/mol. The number of benzene rings is 1. The minimum atomic E-state index is -1.03. The first-order valence-electron chi connectivity index (χ1n) is 4.09. The summed E-state index contributed by atoms with van der Waals surface area (Å²) in [6.45, 7) is 0.140. The van der Waals surface area contributed by atoms with Crippen LogP contribution in [-0.4, -0.2) is 13.7 Å². The van der Waals surface area contributed by atoms with Gasteiger partial charge in [0.25, 0.3) is 0 Å². The molecule has 4 N–H and O–H groups in total. The van der Waals surface area contributed by atoms with Crippen molar-refractivity contribution in [1.29, 1.82) is 0 Å². The molecule has 1 aromatic rings. The zero-order valence-electron chi connectivity index (χ0n) is 7.76. The quantitative estimate of drug-likeness (QED) is 0.766. The van der Waals surface area contributed by atoms with Crippen molar-refractivity contribution < 1.29 is 13.5 Å². The molecule has 78 valence electrons. The summed E-state index contributed by atoms with van der Waals surface area (Å²) in [5, 5.41) is 0. The first-order valence-corrected chi connectivity index (χ1v) is 4.09. The van der Waals surface area contributed by atoms with E-state index in [0.717, 1.165) is 6.07 Å². The maximum absolute atomic E-state index is 13.2. The molecule has 0 saturated heterocycles. The Kier molecular flexibility index (Phi) is 3.38. The van der Waals surface area contributed by atoms with Gasteiger partial charge < -0.3 is 16.2 Å². The first-order chi connectivity index (χ1) is 6.61. The van der Waals surface area contributed by atoms with Crippen molar-refractivity contribution in [2.24, 2.45) is 11.5 Å². The van der Waals surface area contributed by atoms with Crippen molar-refractivity contribution in [3.05, 3.63) is 29.3 Å². The van der Waals surface area contributed by atoms with Crippen LogP contribution in [-0.2, 0) is 0 Å². The normalized spacial score (nSPS) is 12.6. The third kappa shape index (κ3) is 1.83. The van der Waals surface area contributed by atoms with E-state index in [4.69, 9.17) is 16.2 Å². The van der Waals surface area contributed by atoms with Crippen molar-refractivity contribution in [2.75, 3.05) is 13.7 Å². The van der Waals surface area contributed by atoms with Gasteiger partial charge in [-0.25, -0.2) is 4.39 Å². The number of nitrogens with two attached hydrogens (primary N) is 2. The third-order valence-corrected chi connectivity index (χ3v) is 1.94. The number of ether oxygens (including phenoxy) is 1. The van der Waals surface area contributed by atoms with Crippen LogP contribution >= 0.6 is 0 Å². The van der Waals surface area contributed by atoms with Crippen LogP contribution in [0.3, 0.4) is 0 Å². The molecule has 0 unspecified atom stereocenters. The minimum Gasteiger partial charge on any atom is -0.493 e. The van der Waals surface area contributed by atoms with Crippen LogP contribution in [0.4, 0.5) is 8.78 Å². The van der Waals surface area contributed by atoms with E-state index in [2.05, 4.69) is 0 Å². The highest BCUT2D eigenvalue weighted by Crippen LogP contribution is 2.28. The van der Waals surface area contributed by atoms with Gasteiger partial charge in [0.05, 0.1) is 7.11 Å². The summed E-state index contributed by atoms with van der Waals surface area (Å²) in [6.07, 6.45) is 0. The fraction of sp³-hybridized carbons (Fsp3) is 0.333. The van der Waals surface area contributed by atoms with Crippen molar-refractivity contribution in [3.63, 3.8) is 0 Å². The largest absolute Gasteiger partial charge is 0.493 e. The number of rotatable bonds is 3. The van der Waals surface area contributed by atoms with Crippen molar-refractivity contribution in [3.8, 4) is 5.75 Å². The molecule has 3 nitrogen and oxygen atoms in total. The Morgan fingerprint density at radius 3 is 2.57 bits per heavy atom. The van der Waals surface area contributed by atoms with Gasteiger partial charge in [-0.05, 0) is 6.07 Å². The Bertz CT molecular complexity index is 331. The molecule has 0 fully saturated rings. The molecule has 0 aliphatic rings. The van der Waals surface area contributed by atoms with Crippen molar-refractivity contribution in [2.45, 2.75) is 6.04 Å². The number of hydrogen-bond acceptors (Lipinski definition) is 3. The molecule has 0 aliphatic heterocycles. The van der Waals surface area contributed by atoms with Gasteiger partial charge in [0.2, 0.25) is 5.82 Å². The van der Waals surface area contributed by atoms with Gasteiger partial charge >= 0.3 is 0 Å². The average Bonchev–Trinajstić information content (AvgIpc) is 2.20. The second-order valence-electron chi connectivity index (χ2n) is 2.83. The van der Waals surface area contributed by atoms with Crippen LogP contribution in [0.15, 0.2) is 12.1 Å². The molecular weight excluding hydrogens is 190 g/mol. The lowest BCUT2D eigenvalue weighted by Gasteiger charge is -2.14. The molecular formula is C9H12F2N2O. The monoisotopic (exact) mass is 202 g/mol. The topological polar surface area (TPSA) is 61.3 Å². The van der Waals surface area contributed by atoms with E-state index in [1.165, 1.54) is 13.2 Å². The summed E-state index contributed by atoms with van der Waals surface area (Å²) in [5.74, 6) is -2.17. The molecule has 1 aromatic carbocycles. The zero-order valence-corrected chi connectivity index (χ0v) is 7.76. The number of halogens is 2. The van der Waals surface area contributed by atoms with E-state index in [1.807, 2.05) is 0 Å². The Morgan fingerprint density at radius 1 is 1.43 bits per heavy atom. The highest BCUT2D eigenvalue weighted by Gasteiger charge is 2.17. The van der Waals surface area contributed by atoms with Gasteiger partial charge in [0.1, 0.15) is 0 Å². The number of hydrogen-bond donors (Lipinski definition) is 2. The summed E-state index contributed by atoms with van der Waals surface area (Å²) >= 11 is 0. The molecule has 0 spiro atoms. The lowest BCUT2D eigenvalue weighted by Crippen LogP contribution is -2.21. The maximum Gasteiger partial charge on any atom is 0.200 e. The summed E-state index contributed by atoms with van der Waals surface area (Å²) < 4.78 is 30.7. The lowest BCUT2D eigenvalue weighted by molar-refractivity contribution is 0.364. The van der Waals surface area contributed by atoms with Gasteiger partial charge in [-0.15, -0.1) is 0 Å². The Hall–Kier alpha value is -1.20. The van der Waals surface area contributed by atoms with Crippen molar-refractivity contribution in [1.82, 2.24) is 0 Å². The number of methoxy groups -OCH3 is 1. The molecule has 5 heteroatoms. The van der Waals surface area contributed by atoms with Gasteiger partial charge in [0, 0.05) is 18.2 Å². The summed E-state index contributed by atoms with van der Waals surface area (Å²) in [5.41, 5.74) is 11.3. The molecule has 0 bridgehead atoms. The predicted octanol–water partition coefficient (Wildman–Crippen LogP) is 0.932. The second-order valence-corrected chi connectivity index (χ2v) is 2.83. The van der Waals surface area contributed by atoms with Crippen LogP contribution in [0.5, 0.6) is 5.75 Å². The molecule has 1 rings (SSSR count). The van der Waals surface area contributed by atoms with Crippen LogP contribution in [0.25, 0.3) is 0 Å². The third-order valence-electron chi connectivity index (χ3n) is 1.94. The standard InChI is InChI=1S/C9H12F2N2O/c1-14-9-5(7(13)4-12)2-3-6(10)8(9)11/h2-3,7H,4,12-13H2,1H3/t7-/m0/s1. The Balaban J connectivity index is 3.23. The lowest BCUT2D eigenvalue weighted by atomic mass is 10.1. The molecule has 0 saturated carbocycles. The van der Waals surface area contributed by atoms with Gasteiger partial charge in [-0.1, -0.05) is 6.07 Å². The highest BCUT2D eigenvalue weighted by atomic mass is 19.2. The molecule has 0 heterocycles. The van der Waals surface area contributed by atoms with Crippen molar-refractivity contribution >= 4 is 0 Å². The Morgan fingerprint density at radius 2 is 2.07 bits per heavy atom. The second kappa shape index (κ2) is 4.34. The van der Waals surface area contributed by atoms with Gasteiger partial charge in [-0.2, -0.15) is 4.39 Å². The van der Waals surface area contributed by atoms with Crippen LogP contribution in [0.2, 0.25) is 0 Å². The molecule has 0 aromatic heterocycles. The summed E-state index contributed by atoms with van der Waals surface area (Å²) in [6, 6.07) is 1.82. The molecule has 14 heavy (non-hydrogen) atoms. The highest BCUT2D eigenvalue weighted by molar-refractivity contribution is 5.38. The van der Waals surface area contributed by atoms with E-state index in [0.29, 0.717) is 5.56 Å². The van der Waals surface area contributed by atoms with E-state index in [9.17, 15) is 8.78 Å². The van der Waals surface area contributed by atoms with E-state index in [1.54, 1.807) is 0 Å². The van der Waals surface area contributed by atoms with Crippen LogP contribution in [0.1, 0.15) is 11.6 Å². The van der Waals surface area contributed by atoms with Gasteiger partial charge in [-0.3, -0.25) is 0 Å². The first kappa shape index (κ1) is 10.9. The van der Waals surface area contributed by atoms with E-state index >= 15 is 0 Å². The Labute approximate surface area is 80.7 Å². The summed E-state index contributed by atoms with van der Waals surface area (Å²) in [7, 11) is 1.25. The predicted molar refractivity (Wildman–Crippen MR) is 48.9 cm³/mol. The smallest absolute Gasteiger partial charge is 0.200 e. The summed E-state index contributed by atoms with van der Waals surface area (Å²) in [4.78, 5) is 0. The SMILES string of the molecule is COc1c([C@@H](N)CN)ccc(F)c1F. The van der Waals surface area contributed by atoms with Gasteiger partial charge in [0.15, 0.2) is 11.6 Å². The molecule has 1 atom stereocenters. The molecule has 0 radical (unpaired) electrons. The molecule has 0 amide bonds. The zero-order chi connectivity index (χ0) is 10.7. The fourth-order valence-electron chi connectivity index (χ4n) is 1.17. The molecule has 0 aliphatic carbocycles. The van der Waals surface area contributed by atoms with E-state index < -0.39 is 17.7 Å². The fourth-order valence-corrected chi connectivity index (χ4v) is 1.17. The minimum absolute atomic E-state index is 0.140. The maximum atomic E-state index is 13.2. The van der Waals surface area contributed by atoms with Crippen LogP contribution < -0.4 is 16.2 Å².